The van der Waals surface area contributed by atoms with Gasteiger partial charge < -0.3 is 10.1 Å². The van der Waals surface area contributed by atoms with E-state index in [9.17, 15) is 4.79 Å². The number of aromatic nitrogens is 1. The van der Waals surface area contributed by atoms with Gasteiger partial charge in [-0.25, -0.2) is 4.79 Å². The highest BCUT2D eigenvalue weighted by molar-refractivity contribution is 9.11. The third kappa shape index (κ3) is 3.21. The lowest BCUT2D eigenvalue weighted by Crippen LogP contribution is -2.07. The lowest BCUT2D eigenvalue weighted by atomic mass is 10.2. The van der Waals surface area contributed by atoms with Crippen LogP contribution in [-0.4, -0.2) is 16.9 Å². The highest BCUT2D eigenvalue weighted by Gasteiger charge is 2.20. The van der Waals surface area contributed by atoms with E-state index in [2.05, 4.69) is 41.6 Å². The minimum Gasteiger partial charge on any atom is -0.462 e. The summed E-state index contributed by atoms with van der Waals surface area (Å²) in [5.41, 5.74) is 2.00. The first kappa shape index (κ1) is 15.5. The van der Waals surface area contributed by atoms with Crippen molar-refractivity contribution in [3.8, 4) is 0 Å². The molecule has 2 rings (SSSR count). The van der Waals surface area contributed by atoms with Crippen molar-refractivity contribution in [2.75, 3.05) is 11.9 Å². The molecular weight excluding hydrogens is 408 g/mol. The fourth-order valence-electron chi connectivity index (χ4n) is 1.63. The number of hydrogen-bond donors (Lipinski definition) is 1. The van der Waals surface area contributed by atoms with Crippen molar-refractivity contribution in [3.63, 3.8) is 0 Å². The van der Waals surface area contributed by atoms with Gasteiger partial charge in [-0.3, -0.25) is 0 Å². The number of anilines is 2. The van der Waals surface area contributed by atoms with Crippen LogP contribution in [0.25, 0.3) is 0 Å². The number of esters is 1. The van der Waals surface area contributed by atoms with Crippen LogP contribution < -0.4 is 5.32 Å². The first-order valence-electron chi connectivity index (χ1n) is 5.89. The van der Waals surface area contributed by atoms with Gasteiger partial charge in [-0.15, -0.1) is 0 Å². The second-order valence-electron chi connectivity index (χ2n) is 3.91. The molecule has 0 aliphatic rings. The fourth-order valence-corrected chi connectivity index (χ4v) is 3.62. The number of rotatable bonds is 4. The van der Waals surface area contributed by atoms with Crippen LogP contribution in [0.1, 0.15) is 23.0 Å². The summed E-state index contributed by atoms with van der Waals surface area (Å²) in [5, 5.41) is 3.91. The van der Waals surface area contributed by atoms with Crippen LogP contribution in [0.2, 0.25) is 0 Å². The van der Waals surface area contributed by atoms with Gasteiger partial charge in [0.1, 0.15) is 10.6 Å². The summed E-state index contributed by atoms with van der Waals surface area (Å²) in [6, 6.07) is 5.76. The van der Waals surface area contributed by atoms with E-state index in [1.807, 2.05) is 18.2 Å². The van der Waals surface area contributed by atoms with Crippen LogP contribution >= 0.6 is 43.4 Å². The summed E-state index contributed by atoms with van der Waals surface area (Å²) in [7, 11) is 0. The van der Waals surface area contributed by atoms with Crippen LogP contribution in [0, 0.1) is 6.92 Å². The largest absolute Gasteiger partial charge is 0.462 e. The second-order valence-corrected chi connectivity index (χ2v) is 6.40. The molecule has 0 aliphatic heterocycles. The minimum atomic E-state index is -0.357. The molecule has 0 spiro atoms. The van der Waals surface area contributed by atoms with Crippen molar-refractivity contribution in [1.82, 2.24) is 4.37 Å². The van der Waals surface area contributed by atoms with E-state index in [0.29, 0.717) is 22.9 Å². The van der Waals surface area contributed by atoms with Gasteiger partial charge >= 0.3 is 5.97 Å². The molecule has 106 valence electrons. The predicted octanol–water partition coefficient (Wildman–Crippen LogP) is 4.90. The molecule has 1 aromatic heterocycles. The summed E-state index contributed by atoms with van der Waals surface area (Å²) in [6.07, 6.45) is 0. The Hall–Kier alpha value is -0.920. The number of halogens is 2. The highest BCUT2D eigenvalue weighted by atomic mass is 79.9. The molecular formula is C13H12Br2N2O2S. The van der Waals surface area contributed by atoms with Crippen molar-refractivity contribution in [1.29, 1.82) is 0 Å². The first-order valence-corrected chi connectivity index (χ1v) is 8.25. The van der Waals surface area contributed by atoms with Gasteiger partial charge in [0.15, 0.2) is 0 Å². The van der Waals surface area contributed by atoms with Crippen molar-refractivity contribution < 1.29 is 9.53 Å². The van der Waals surface area contributed by atoms with Gasteiger partial charge in [0.2, 0.25) is 0 Å². The average molecular weight is 420 g/mol. The van der Waals surface area contributed by atoms with Crippen molar-refractivity contribution in [2.24, 2.45) is 0 Å². The molecule has 1 aromatic carbocycles. The maximum absolute atomic E-state index is 12.0. The van der Waals surface area contributed by atoms with Crippen molar-refractivity contribution in [2.45, 2.75) is 13.8 Å². The zero-order chi connectivity index (χ0) is 14.7. The number of nitrogens with zero attached hydrogens (tertiary/aromatic N) is 1. The SMILES string of the molecule is CCOC(=O)c1c(C)nsc1Nc1c(Br)cccc1Br. The number of carbonyl (C=O) groups excluding carboxylic acids is 1. The van der Waals surface area contributed by atoms with Gasteiger partial charge in [0, 0.05) is 8.95 Å². The Morgan fingerprint density at radius 1 is 1.40 bits per heavy atom. The lowest BCUT2D eigenvalue weighted by Gasteiger charge is -2.10. The molecule has 0 aliphatic carbocycles. The molecule has 0 fully saturated rings. The second kappa shape index (κ2) is 6.69. The fraction of sp³-hybridized carbons (Fsp3) is 0.231. The van der Waals surface area contributed by atoms with Crippen molar-refractivity contribution >= 4 is 60.1 Å². The molecule has 0 amide bonds. The Morgan fingerprint density at radius 3 is 2.65 bits per heavy atom. The van der Waals surface area contributed by atoms with Crippen LogP contribution in [0.5, 0.6) is 0 Å². The third-order valence-electron chi connectivity index (χ3n) is 2.54. The van der Waals surface area contributed by atoms with Gasteiger partial charge in [-0.05, 0) is 69.4 Å². The van der Waals surface area contributed by atoms with Crippen LogP contribution in [-0.2, 0) is 4.74 Å². The Bertz CT molecular complexity index is 623. The first-order chi connectivity index (χ1) is 9.54. The Balaban J connectivity index is 2.38. The van der Waals surface area contributed by atoms with E-state index in [0.717, 1.165) is 14.6 Å². The quantitative estimate of drug-likeness (QED) is 0.716. The summed E-state index contributed by atoms with van der Waals surface area (Å²) in [4.78, 5) is 12.0. The number of benzene rings is 1. The van der Waals surface area contributed by atoms with E-state index in [4.69, 9.17) is 4.74 Å². The predicted molar refractivity (Wildman–Crippen MR) is 87.9 cm³/mol. The molecule has 4 nitrogen and oxygen atoms in total. The Kier molecular flexibility index (Phi) is 5.17. The lowest BCUT2D eigenvalue weighted by molar-refractivity contribution is 0.0527. The molecule has 0 radical (unpaired) electrons. The molecule has 0 saturated heterocycles. The number of para-hydroxylation sites is 1. The summed E-state index contributed by atoms with van der Waals surface area (Å²) < 4.78 is 11.1. The number of ether oxygens (including phenoxy) is 1. The molecule has 2 aromatic rings. The Labute approximate surface area is 138 Å². The molecule has 0 atom stereocenters. The van der Waals surface area contributed by atoms with Crippen LogP contribution in [0.4, 0.5) is 10.7 Å². The molecule has 7 heteroatoms. The molecule has 1 N–H and O–H groups in total. The van der Waals surface area contributed by atoms with E-state index >= 15 is 0 Å². The number of hydrogen-bond acceptors (Lipinski definition) is 5. The van der Waals surface area contributed by atoms with Gasteiger partial charge in [0.05, 0.1) is 18.0 Å². The molecule has 0 bridgehead atoms. The maximum atomic E-state index is 12.0. The zero-order valence-corrected chi connectivity index (χ0v) is 14.9. The topological polar surface area (TPSA) is 51.2 Å². The van der Waals surface area contributed by atoms with Crippen LogP contribution in [0.15, 0.2) is 27.1 Å². The van der Waals surface area contributed by atoms with Crippen molar-refractivity contribution in [3.05, 3.63) is 38.4 Å². The van der Waals surface area contributed by atoms with E-state index in [1.165, 1.54) is 11.5 Å². The number of nitrogens with one attached hydrogen (secondary N) is 1. The van der Waals surface area contributed by atoms with Crippen LogP contribution in [0.3, 0.4) is 0 Å². The van der Waals surface area contributed by atoms with Gasteiger partial charge in [-0.2, -0.15) is 4.37 Å². The Morgan fingerprint density at radius 2 is 2.05 bits per heavy atom. The summed E-state index contributed by atoms with van der Waals surface area (Å²) in [5.74, 6) is -0.357. The summed E-state index contributed by atoms with van der Waals surface area (Å²) >= 11 is 8.20. The molecule has 0 saturated carbocycles. The van der Waals surface area contributed by atoms with E-state index in [-0.39, 0.29) is 5.97 Å². The molecule has 1 heterocycles. The van der Waals surface area contributed by atoms with Gasteiger partial charge in [-0.1, -0.05) is 6.07 Å². The number of aryl methyl sites for hydroxylation is 1. The molecule has 0 unspecified atom stereocenters. The average Bonchev–Trinajstić information content (AvgIpc) is 2.75. The maximum Gasteiger partial charge on any atom is 0.343 e. The zero-order valence-electron chi connectivity index (χ0n) is 10.9. The monoisotopic (exact) mass is 418 g/mol. The minimum absolute atomic E-state index is 0.340. The number of carbonyl (C=O) groups is 1. The summed E-state index contributed by atoms with van der Waals surface area (Å²) in [6.45, 7) is 3.92. The third-order valence-corrected chi connectivity index (χ3v) is 4.72. The standard InChI is InChI=1S/C13H12Br2N2O2S/c1-3-19-13(18)10-7(2)17-20-12(10)16-11-8(14)5-4-6-9(11)15/h4-6,16H,3H2,1-2H3. The highest BCUT2D eigenvalue weighted by Crippen LogP contribution is 2.36. The van der Waals surface area contributed by atoms with E-state index < -0.39 is 0 Å². The normalized spacial score (nSPS) is 10.4. The molecule has 20 heavy (non-hydrogen) atoms. The smallest absolute Gasteiger partial charge is 0.343 e. The van der Waals surface area contributed by atoms with Gasteiger partial charge in [0.25, 0.3) is 0 Å². The van der Waals surface area contributed by atoms with E-state index in [1.54, 1.807) is 13.8 Å².